The van der Waals surface area contributed by atoms with Gasteiger partial charge in [0.05, 0.1) is 0 Å². The number of aryl methyl sites for hydroxylation is 1. The second-order valence-corrected chi connectivity index (χ2v) is 6.34. The third kappa shape index (κ3) is 4.76. The zero-order valence-corrected chi connectivity index (χ0v) is 15.9. The molecule has 2 aromatic carbocycles. The fourth-order valence-corrected chi connectivity index (χ4v) is 2.89. The Hall–Kier alpha value is -3.61. The summed E-state index contributed by atoms with van der Waals surface area (Å²) in [7, 11) is 3.41. The third-order valence-corrected chi connectivity index (χ3v) is 4.26. The minimum Gasteiger partial charge on any atom is -0.355 e. The highest BCUT2D eigenvalue weighted by Crippen LogP contribution is 2.26. The monoisotopic (exact) mass is 377 g/mol. The number of nitrogens with one attached hydrogen (secondary N) is 3. The first-order chi connectivity index (χ1) is 13.6. The predicted molar refractivity (Wildman–Crippen MR) is 109 cm³/mol. The fraction of sp³-hybridized carbons (Fsp3) is 0.190. The molecule has 3 aromatic rings. The quantitative estimate of drug-likeness (QED) is 0.617. The third-order valence-electron chi connectivity index (χ3n) is 4.26. The molecule has 7 heteroatoms. The second kappa shape index (κ2) is 8.85. The Morgan fingerprint density at radius 2 is 1.86 bits per heavy atom. The van der Waals surface area contributed by atoms with Gasteiger partial charge in [0.2, 0.25) is 0 Å². The zero-order chi connectivity index (χ0) is 19.9. The SMILES string of the molecule is CNC(=O)c1cccc(CCNC(=O)Nc2nn(C)cc2-c2ccccc2)c1. The first kappa shape index (κ1) is 19.2. The van der Waals surface area contributed by atoms with Gasteiger partial charge in [0.1, 0.15) is 0 Å². The van der Waals surface area contributed by atoms with Crippen molar-refractivity contribution < 1.29 is 9.59 Å². The van der Waals surface area contributed by atoms with Gasteiger partial charge in [-0.3, -0.25) is 14.8 Å². The molecule has 0 bridgehead atoms. The Bertz CT molecular complexity index is 966. The Morgan fingerprint density at radius 1 is 1.07 bits per heavy atom. The molecule has 0 radical (unpaired) electrons. The van der Waals surface area contributed by atoms with Gasteiger partial charge in [0.15, 0.2) is 5.82 Å². The summed E-state index contributed by atoms with van der Waals surface area (Å²) in [4.78, 5) is 24.0. The number of hydrogen-bond acceptors (Lipinski definition) is 3. The number of amides is 3. The van der Waals surface area contributed by atoms with E-state index in [4.69, 9.17) is 0 Å². The molecule has 0 aliphatic rings. The van der Waals surface area contributed by atoms with Crippen LogP contribution in [0.4, 0.5) is 10.6 Å². The molecule has 0 aliphatic heterocycles. The van der Waals surface area contributed by atoms with Gasteiger partial charge in [0, 0.05) is 38.0 Å². The average Bonchev–Trinajstić information content (AvgIpc) is 3.08. The van der Waals surface area contributed by atoms with Crippen molar-refractivity contribution in [1.29, 1.82) is 0 Å². The summed E-state index contributed by atoms with van der Waals surface area (Å²) in [5, 5.41) is 12.6. The molecule has 28 heavy (non-hydrogen) atoms. The van der Waals surface area contributed by atoms with E-state index < -0.39 is 0 Å². The number of urea groups is 1. The van der Waals surface area contributed by atoms with E-state index in [0.717, 1.165) is 16.7 Å². The van der Waals surface area contributed by atoms with E-state index in [-0.39, 0.29) is 11.9 Å². The standard InChI is InChI=1S/C21H23N5O2/c1-22-20(27)17-10-6-7-15(13-17)11-12-23-21(28)24-19-18(14-26(2)25-19)16-8-4-3-5-9-16/h3-10,13-14H,11-12H2,1-2H3,(H,22,27)(H2,23,24,25,28). The normalized spacial score (nSPS) is 10.4. The highest BCUT2D eigenvalue weighted by Gasteiger charge is 2.12. The van der Waals surface area contributed by atoms with E-state index in [0.29, 0.717) is 24.3 Å². The van der Waals surface area contributed by atoms with E-state index in [2.05, 4.69) is 21.0 Å². The molecule has 3 amide bonds. The molecule has 0 unspecified atom stereocenters. The van der Waals surface area contributed by atoms with E-state index in [1.807, 2.05) is 61.8 Å². The highest BCUT2D eigenvalue weighted by atomic mass is 16.2. The molecular formula is C21H23N5O2. The lowest BCUT2D eigenvalue weighted by Gasteiger charge is -2.08. The van der Waals surface area contributed by atoms with Crippen LogP contribution in [0.25, 0.3) is 11.1 Å². The van der Waals surface area contributed by atoms with Crippen LogP contribution >= 0.6 is 0 Å². The Morgan fingerprint density at radius 3 is 2.61 bits per heavy atom. The summed E-state index contributed by atoms with van der Waals surface area (Å²) in [6, 6.07) is 16.8. The van der Waals surface area contributed by atoms with Crippen LogP contribution in [0.3, 0.4) is 0 Å². The lowest BCUT2D eigenvalue weighted by atomic mass is 10.1. The van der Waals surface area contributed by atoms with E-state index in [1.54, 1.807) is 17.8 Å². The molecule has 0 spiro atoms. The van der Waals surface area contributed by atoms with Gasteiger partial charge in [-0.25, -0.2) is 4.79 Å². The molecule has 0 aliphatic carbocycles. The summed E-state index contributed by atoms with van der Waals surface area (Å²) in [5.41, 5.74) is 3.42. The molecule has 7 nitrogen and oxygen atoms in total. The maximum absolute atomic E-state index is 12.3. The lowest BCUT2D eigenvalue weighted by Crippen LogP contribution is -2.30. The van der Waals surface area contributed by atoms with Crippen LogP contribution < -0.4 is 16.0 Å². The molecule has 3 rings (SSSR count). The molecule has 0 saturated heterocycles. The predicted octanol–water partition coefficient (Wildman–Crippen LogP) is 2.81. The summed E-state index contributed by atoms with van der Waals surface area (Å²) in [5.74, 6) is 0.379. The smallest absolute Gasteiger partial charge is 0.320 e. The van der Waals surface area contributed by atoms with Gasteiger partial charge < -0.3 is 10.6 Å². The number of aromatic nitrogens is 2. The Kier molecular flexibility index (Phi) is 6.06. The first-order valence-electron chi connectivity index (χ1n) is 9.02. The number of rotatable bonds is 6. The van der Waals surface area contributed by atoms with Crippen molar-refractivity contribution in [3.05, 3.63) is 71.9 Å². The van der Waals surface area contributed by atoms with Gasteiger partial charge in [0.25, 0.3) is 5.91 Å². The molecule has 3 N–H and O–H groups in total. The molecule has 1 heterocycles. The van der Waals surface area contributed by atoms with Crippen molar-refractivity contribution in [2.45, 2.75) is 6.42 Å². The minimum absolute atomic E-state index is 0.129. The zero-order valence-electron chi connectivity index (χ0n) is 15.9. The number of benzene rings is 2. The minimum atomic E-state index is -0.321. The Balaban J connectivity index is 1.58. The van der Waals surface area contributed by atoms with Crippen molar-refractivity contribution in [2.24, 2.45) is 7.05 Å². The molecule has 144 valence electrons. The van der Waals surface area contributed by atoms with Crippen LogP contribution in [0.2, 0.25) is 0 Å². The van der Waals surface area contributed by atoms with Crippen LogP contribution in [0.5, 0.6) is 0 Å². The van der Waals surface area contributed by atoms with E-state index >= 15 is 0 Å². The molecule has 0 saturated carbocycles. The summed E-state index contributed by atoms with van der Waals surface area (Å²) < 4.78 is 1.67. The Labute approximate surface area is 163 Å². The number of hydrogen-bond donors (Lipinski definition) is 3. The molecule has 0 atom stereocenters. The number of nitrogens with zero attached hydrogens (tertiary/aromatic N) is 2. The fourth-order valence-electron chi connectivity index (χ4n) is 2.89. The molecule has 1 aromatic heterocycles. The second-order valence-electron chi connectivity index (χ2n) is 6.34. The van der Waals surface area contributed by atoms with Gasteiger partial charge in [-0.05, 0) is 29.7 Å². The summed E-state index contributed by atoms with van der Waals surface area (Å²) >= 11 is 0. The molecular weight excluding hydrogens is 354 g/mol. The van der Waals surface area contributed by atoms with Crippen molar-refractivity contribution in [3.8, 4) is 11.1 Å². The van der Waals surface area contributed by atoms with Gasteiger partial charge in [-0.1, -0.05) is 42.5 Å². The highest BCUT2D eigenvalue weighted by molar-refractivity contribution is 5.94. The topological polar surface area (TPSA) is 88.1 Å². The maximum Gasteiger partial charge on any atom is 0.320 e. The van der Waals surface area contributed by atoms with Crippen molar-refractivity contribution in [2.75, 3.05) is 18.9 Å². The maximum atomic E-state index is 12.3. The van der Waals surface area contributed by atoms with Crippen molar-refractivity contribution in [1.82, 2.24) is 20.4 Å². The van der Waals surface area contributed by atoms with Crippen molar-refractivity contribution in [3.63, 3.8) is 0 Å². The number of carbonyl (C=O) groups is 2. The summed E-state index contributed by atoms with van der Waals surface area (Å²) in [6.45, 7) is 0.441. The van der Waals surface area contributed by atoms with Gasteiger partial charge >= 0.3 is 6.03 Å². The van der Waals surface area contributed by atoms with Gasteiger partial charge in [-0.2, -0.15) is 5.10 Å². The van der Waals surface area contributed by atoms with Crippen LogP contribution in [0.15, 0.2) is 60.8 Å². The molecule has 0 fully saturated rings. The van der Waals surface area contributed by atoms with E-state index in [9.17, 15) is 9.59 Å². The lowest BCUT2D eigenvalue weighted by molar-refractivity contribution is 0.0963. The van der Waals surface area contributed by atoms with E-state index in [1.165, 1.54) is 0 Å². The van der Waals surface area contributed by atoms with Crippen molar-refractivity contribution >= 4 is 17.8 Å². The number of anilines is 1. The average molecular weight is 377 g/mol. The number of carbonyl (C=O) groups excluding carboxylic acids is 2. The largest absolute Gasteiger partial charge is 0.355 e. The summed E-state index contributed by atoms with van der Waals surface area (Å²) in [6.07, 6.45) is 2.49. The van der Waals surface area contributed by atoms with Gasteiger partial charge in [-0.15, -0.1) is 0 Å². The first-order valence-corrected chi connectivity index (χ1v) is 9.02. The van der Waals surface area contributed by atoms with Crippen LogP contribution in [0, 0.1) is 0 Å². The van der Waals surface area contributed by atoms with Crippen LogP contribution in [-0.4, -0.2) is 35.3 Å². The van der Waals surface area contributed by atoms with Crippen LogP contribution in [0.1, 0.15) is 15.9 Å². The van der Waals surface area contributed by atoms with Crippen LogP contribution in [-0.2, 0) is 13.5 Å².